The van der Waals surface area contributed by atoms with Gasteiger partial charge in [0.15, 0.2) is 11.6 Å². The first-order valence-electron chi connectivity index (χ1n) is 5.90. The molecule has 0 spiro atoms. The van der Waals surface area contributed by atoms with Crippen LogP contribution >= 0.6 is 0 Å². The van der Waals surface area contributed by atoms with E-state index in [0.717, 1.165) is 5.56 Å². The summed E-state index contributed by atoms with van der Waals surface area (Å²) >= 11 is 0. The number of pyridine rings is 1. The third-order valence-electron chi connectivity index (χ3n) is 2.51. The van der Waals surface area contributed by atoms with Crippen LogP contribution in [0, 0.1) is 5.82 Å². The SMILES string of the molecule is CCNc1nccc(C(=O)NCc2ccoc2)c1F. The van der Waals surface area contributed by atoms with Crippen molar-refractivity contribution in [2.24, 2.45) is 0 Å². The summed E-state index contributed by atoms with van der Waals surface area (Å²) in [6, 6.07) is 3.08. The highest BCUT2D eigenvalue weighted by Crippen LogP contribution is 2.14. The summed E-state index contributed by atoms with van der Waals surface area (Å²) in [6.45, 7) is 2.64. The van der Waals surface area contributed by atoms with E-state index < -0.39 is 11.7 Å². The molecular formula is C13H14FN3O2. The number of rotatable bonds is 5. The maximum Gasteiger partial charge on any atom is 0.254 e. The first kappa shape index (κ1) is 13.1. The van der Waals surface area contributed by atoms with E-state index >= 15 is 0 Å². The van der Waals surface area contributed by atoms with Crippen molar-refractivity contribution in [1.29, 1.82) is 0 Å². The Morgan fingerprint density at radius 2 is 2.32 bits per heavy atom. The van der Waals surface area contributed by atoms with Crippen LogP contribution in [0.4, 0.5) is 10.2 Å². The van der Waals surface area contributed by atoms with Crippen LogP contribution in [-0.4, -0.2) is 17.4 Å². The Morgan fingerprint density at radius 1 is 1.47 bits per heavy atom. The molecule has 5 nitrogen and oxygen atoms in total. The Hall–Kier alpha value is -2.37. The molecule has 0 bridgehead atoms. The van der Waals surface area contributed by atoms with Gasteiger partial charge in [-0.25, -0.2) is 9.37 Å². The van der Waals surface area contributed by atoms with Crippen molar-refractivity contribution >= 4 is 11.7 Å². The molecule has 2 rings (SSSR count). The first-order valence-corrected chi connectivity index (χ1v) is 5.90. The van der Waals surface area contributed by atoms with Crippen LogP contribution in [0.15, 0.2) is 35.3 Å². The zero-order valence-electron chi connectivity index (χ0n) is 10.4. The molecule has 1 amide bonds. The standard InChI is InChI=1S/C13H14FN3O2/c1-2-15-12-11(14)10(3-5-16-12)13(18)17-7-9-4-6-19-8-9/h3-6,8H,2,7H2,1H3,(H,15,16)(H,17,18). The molecule has 19 heavy (non-hydrogen) atoms. The molecule has 0 unspecified atom stereocenters. The fraction of sp³-hybridized carbons (Fsp3) is 0.231. The Balaban J connectivity index is 2.08. The van der Waals surface area contributed by atoms with E-state index in [2.05, 4.69) is 15.6 Å². The van der Waals surface area contributed by atoms with Crippen LogP contribution in [0.5, 0.6) is 0 Å². The minimum atomic E-state index is -0.644. The van der Waals surface area contributed by atoms with Gasteiger partial charge in [-0.2, -0.15) is 0 Å². The van der Waals surface area contributed by atoms with Crippen molar-refractivity contribution < 1.29 is 13.6 Å². The van der Waals surface area contributed by atoms with Crippen molar-refractivity contribution in [2.45, 2.75) is 13.5 Å². The molecule has 2 aromatic heterocycles. The molecule has 0 aliphatic rings. The fourth-order valence-corrected chi connectivity index (χ4v) is 1.58. The van der Waals surface area contributed by atoms with Gasteiger partial charge in [0, 0.05) is 24.8 Å². The molecule has 2 aromatic rings. The highest BCUT2D eigenvalue weighted by molar-refractivity contribution is 5.95. The lowest BCUT2D eigenvalue weighted by Crippen LogP contribution is -2.24. The van der Waals surface area contributed by atoms with Crippen LogP contribution in [-0.2, 0) is 6.54 Å². The van der Waals surface area contributed by atoms with Gasteiger partial charge < -0.3 is 15.1 Å². The van der Waals surface area contributed by atoms with Crippen molar-refractivity contribution in [2.75, 3.05) is 11.9 Å². The van der Waals surface area contributed by atoms with E-state index in [-0.39, 0.29) is 17.9 Å². The van der Waals surface area contributed by atoms with Crippen LogP contribution in [0.1, 0.15) is 22.8 Å². The summed E-state index contributed by atoms with van der Waals surface area (Å²) in [5.74, 6) is -1.05. The second-order valence-corrected chi connectivity index (χ2v) is 3.87. The monoisotopic (exact) mass is 263 g/mol. The summed E-state index contributed by atoms with van der Waals surface area (Å²) in [5, 5.41) is 5.38. The molecule has 0 saturated carbocycles. The van der Waals surface area contributed by atoms with Crippen LogP contribution in [0.3, 0.4) is 0 Å². The van der Waals surface area contributed by atoms with E-state index in [4.69, 9.17) is 4.42 Å². The molecule has 0 aromatic carbocycles. The lowest BCUT2D eigenvalue weighted by atomic mass is 10.2. The Bertz CT molecular complexity index is 555. The number of anilines is 1. The number of nitrogens with zero attached hydrogens (tertiary/aromatic N) is 1. The summed E-state index contributed by atoms with van der Waals surface area (Å²) in [5.41, 5.74) is 0.782. The molecule has 0 aliphatic carbocycles. The van der Waals surface area contributed by atoms with E-state index in [0.29, 0.717) is 6.54 Å². The van der Waals surface area contributed by atoms with Gasteiger partial charge >= 0.3 is 0 Å². The predicted molar refractivity (Wildman–Crippen MR) is 68.2 cm³/mol. The van der Waals surface area contributed by atoms with Gasteiger partial charge in [-0.3, -0.25) is 4.79 Å². The zero-order chi connectivity index (χ0) is 13.7. The topological polar surface area (TPSA) is 67.2 Å². The van der Waals surface area contributed by atoms with E-state index in [1.807, 2.05) is 6.92 Å². The number of hydrogen-bond acceptors (Lipinski definition) is 4. The molecule has 2 heterocycles. The quantitative estimate of drug-likeness (QED) is 0.867. The number of nitrogens with one attached hydrogen (secondary N) is 2. The van der Waals surface area contributed by atoms with Gasteiger partial charge in [0.2, 0.25) is 0 Å². The van der Waals surface area contributed by atoms with Crippen molar-refractivity contribution in [3.63, 3.8) is 0 Å². The lowest BCUT2D eigenvalue weighted by Gasteiger charge is -2.08. The largest absolute Gasteiger partial charge is 0.472 e. The van der Waals surface area contributed by atoms with Crippen LogP contribution in [0.25, 0.3) is 0 Å². The second kappa shape index (κ2) is 5.99. The number of furan rings is 1. The lowest BCUT2D eigenvalue weighted by molar-refractivity contribution is 0.0947. The maximum atomic E-state index is 14.0. The van der Waals surface area contributed by atoms with Crippen LogP contribution in [0.2, 0.25) is 0 Å². The smallest absolute Gasteiger partial charge is 0.254 e. The summed E-state index contributed by atoms with van der Waals surface area (Å²) in [7, 11) is 0. The van der Waals surface area contributed by atoms with Gasteiger partial charge in [-0.1, -0.05) is 0 Å². The molecule has 0 atom stereocenters. The average molecular weight is 263 g/mol. The summed E-state index contributed by atoms with van der Waals surface area (Å²) in [6.07, 6.45) is 4.43. The van der Waals surface area contributed by atoms with Crippen molar-refractivity contribution in [3.05, 3.63) is 47.8 Å². The average Bonchev–Trinajstić information content (AvgIpc) is 2.92. The van der Waals surface area contributed by atoms with Gasteiger partial charge in [-0.05, 0) is 19.1 Å². The number of amides is 1. The molecule has 2 N–H and O–H groups in total. The molecule has 0 saturated heterocycles. The zero-order valence-corrected chi connectivity index (χ0v) is 10.4. The Morgan fingerprint density at radius 3 is 3.00 bits per heavy atom. The van der Waals surface area contributed by atoms with E-state index in [9.17, 15) is 9.18 Å². The highest BCUT2D eigenvalue weighted by Gasteiger charge is 2.15. The molecule has 0 fully saturated rings. The molecular weight excluding hydrogens is 249 g/mol. The van der Waals surface area contributed by atoms with Gasteiger partial charge in [0.25, 0.3) is 5.91 Å². The summed E-state index contributed by atoms with van der Waals surface area (Å²) in [4.78, 5) is 15.7. The third-order valence-corrected chi connectivity index (χ3v) is 2.51. The number of carbonyl (C=O) groups excluding carboxylic acids is 1. The second-order valence-electron chi connectivity index (χ2n) is 3.87. The minimum Gasteiger partial charge on any atom is -0.472 e. The number of halogens is 1. The van der Waals surface area contributed by atoms with Gasteiger partial charge in [0.05, 0.1) is 18.1 Å². The van der Waals surface area contributed by atoms with E-state index in [1.165, 1.54) is 24.8 Å². The number of aromatic nitrogens is 1. The maximum absolute atomic E-state index is 14.0. The van der Waals surface area contributed by atoms with Crippen molar-refractivity contribution in [3.8, 4) is 0 Å². The predicted octanol–water partition coefficient (Wildman–Crippen LogP) is 2.18. The first-order chi connectivity index (χ1) is 9.22. The molecule has 6 heteroatoms. The van der Waals surface area contributed by atoms with Gasteiger partial charge in [-0.15, -0.1) is 0 Å². The Kier molecular flexibility index (Phi) is 4.12. The van der Waals surface area contributed by atoms with Gasteiger partial charge in [0.1, 0.15) is 0 Å². The Labute approximate surface area is 109 Å². The number of carbonyl (C=O) groups is 1. The molecule has 0 aliphatic heterocycles. The third kappa shape index (κ3) is 3.09. The normalized spacial score (nSPS) is 10.2. The van der Waals surface area contributed by atoms with Crippen LogP contribution < -0.4 is 10.6 Å². The molecule has 0 radical (unpaired) electrons. The highest BCUT2D eigenvalue weighted by atomic mass is 19.1. The number of hydrogen-bond donors (Lipinski definition) is 2. The minimum absolute atomic E-state index is 0.0329. The molecule has 100 valence electrons. The van der Waals surface area contributed by atoms with E-state index in [1.54, 1.807) is 6.07 Å². The fourth-order valence-electron chi connectivity index (χ4n) is 1.58. The van der Waals surface area contributed by atoms with Crippen molar-refractivity contribution in [1.82, 2.24) is 10.3 Å². The summed E-state index contributed by atoms with van der Waals surface area (Å²) < 4.78 is 18.9.